The number of rotatable bonds is 6. The van der Waals surface area contributed by atoms with Gasteiger partial charge in [-0.25, -0.2) is 8.42 Å². The highest BCUT2D eigenvalue weighted by Crippen LogP contribution is 2.28. The second kappa shape index (κ2) is 7.95. The highest BCUT2D eigenvalue weighted by molar-refractivity contribution is 7.89. The topological polar surface area (TPSA) is 72.6 Å². The second-order valence-corrected chi connectivity index (χ2v) is 7.94. The van der Waals surface area contributed by atoms with E-state index in [0.29, 0.717) is 44.1 Å². The molecule has 0 radical (unpaired) electrons. The third-order valence-corrected chi connectivity index (χ3v) is 6.27. The maximum Gasteiger partial charge on any atom is 0.243 e. The minimum atomic E-state index is -3.54. The van der Waals surface area contributed by atoms with E-state index in [-0.39, 0.29) is 16.0 Å². The van der Waals surface area contributed by atoms with Crippen molar-refractivity contribution in [1.29, 1.82) is 0 Å². The summed E-state index contributed by atoms with van der Waals surface area (Å²) in [6.45, 7) is 2.11. The van der Waals surface area contributed by atoms with Crippen molar-refractivity contribution in [2.24, 2.45) is 5.73 Å². The van der Waals surface area contributed by atoms with E-state index >= 15 is 0 Å². The summed E-state index contributed by atoms with van der Waals surface area (Å²) in [5.74, 6) is 0. The van der Waals surface area contributed by atoms with Crippen LogP contribution in [0.4, 0.5) is 0 Å². The Hall–Kier alpha value is -0.370. The van der Waals surface area contributed by atoms with E-state index in [9.17, 15) is 8.42 Å². The molecule has 1 aromatic carbocycles. The zero-order chi connectivity index (χ0) is 16.2. The first-order valence-electron chi connectivity index (χ1n) is 7.22. The van der Waals surface area contributed by atoms with Crippen molar-refractivity contribution in [2.75, 3.05) is 26.2 Å². The smallest absolute Gasteiger partial charge is 0.243 e. The summed E-state index contributed by atoms with van der Waals surface area (Å²) in [6.07, 6.45) is 2.30. The Bertz CT molecular complexity index is 602. The molecule has 0 aromatic heterocycles. The summed E-state index contributed by atoms with van der Waals surface area (Å²) >= 11 is 11.7. The average Bonchev–Trinajstić information content (AvgIpc) is 2.51. The molecule has 1 heterocycles. The number of piperidine rings is 1. The molecule has 5 nitrogen and oxygen atoms in total. The Labute approximate surface area is 141 Å². The summed E-state index contributed by atoms with van der Waals surface area (Å²) in [5.41, 5.74) is 5.42. The Morgan fingerprint density at radius 2 is 1.91 bits per heavy atom. The molecule has 0 spiro atoms. The molecule has 0 aliphatic carbocycles. The van der Waals surface area contributed by atoms with Crippen molar-refractivity contribution < 1.29 is 13.2 Å². The number of hydrogen-bond acceptors (Lipinski definition) is 4. The van der Waals surface area contributed by atoms with Gasteiger partial charge in [0.25, 0.3) is 0 Å². The highest BCUT2D eigenvalue weighted by atomic mass is 35.5. The van der Waals surface area contributed by atoms with E-state index in [4.69, 9.17) is 33.7 Å². The molecule has 2 N–H and O–H groups in total. The van der Waals surface area contributed by atoms with E-state index in [2.05, 4.69) is 0 Å². The number of sulfonamides is 1. The summed E-state index contributed by atoms with van der Waals surface area (Å²) in [7, 11) is -3.54. The summed E-state index contributed by atoms with van der Waals surface area (Å²) in [5, 5.41) is 0.579. The first-order valence-corrected chi connectivity index (χ1v) is 9.41. The molecular formula is C14H20Cl2N2O3S. The van der Waals surface area contributed by atoms with E-state index in [0.717, 1.165) is 6.42 Å². The van der Waals surface area contributed by atoms with Gasteiger partial charge in [-0.3, -0.25) is 0 Å². The van der Waals surface area contributed by atoms with Crippen molar-refractivity contribution in [3.63, 3.8) is 0 Å². The molecule has 0 atom stereocenters. The molecule has 0 unspecified atom stereocenters. The van der Waals surface area contributed by atoms with Crippen molar-refractivity contribution in [3.05, 3.63) is 28.2 Å². The van der Waals surface area contributed by atoms with Gasteiger partial charge in [0.1, 0.15) is 0 Å². The summed E-state index contributed by atoms with van der Waals surface area (Å²) in [4.78, 5) is 0.171. The maximum absolute atomic E-state index is 12.6. The second-order valence-electron chi connectivity index (χ2n) is 5.19. The predicted molar refractivity (Wildman–Crippen MR) is 87.9 cm³/mol. The lowest BCUT2D eigenvalue weighted by atomic mass is 10.1. The molecule has 2 rings (SSSR count). The van der Waals surface area contributed by atoms with Gasteiger partial charge >= 0.3 is 0 Å². The van der Waals surface area contributed by atoms with Gasteiger partial charge in [-0.05, 0) is 44.0 Å². The quantitative estimate of drug-likeness (QED) is 0.785. The number of nitrogens with two attached hydrogens (primary N) is 1. The van der Waals surface area contributed by atoms with Crippen LogP contribution in [0.1, 0.15) is 19.3 Å². The largest absolute Gasteiger partial charge is 0.378 e. The third-order valence-electron chi connectivity index (χ3n) is 3.63. The number of ether oxygens (including phenoxy) is 1. The minimum absolute atomic E-state index is 0.104. The Morgan fingerprint density at radius 3 is 2.50 bits per heavy atom. The molecule has 8 heteroatoms. The Balaban J connectivity index is 1.98. The fourth-order valence-electron chi connectivity index (χ4n) is 2.36. The predicted octanol–water partition coefficient (Wildman–Crippen LogP) is 2.51. The average molecular weight is 367 g/mol. The fourth-order valence-corrected chi connectivity index (χ4v) is 4.22. The van der Waals surface area contributed by atoms with E-state index in [1.807, 2.05) is 0 Å². The number of hydrogen-bond donors (Lipinski definition) is 1. The van der Waals surface area contributed by atoms with Crippen LogP contribution in [0.3, 0.4) is 0 Å². The van der Waals surface area contributed by atoms with Gasteiger partial charge in [0.05, 0.1) is 21.0 Å². The third kappa shape index (κ3) is 4.34. The standard InChI is InChI=1S/C14H20Cl2N2O3S/c15-13-3-2-12(10-14(13)16)22(19,20)18-7-4-11(5-8-18)21-9-1-6-17/h2-3,10-11H,1,4-9,17H2. The molecule has 0 saturated carbocycles. The van der Waals surface area contributed by atoms with Crippen LogP contribution in [-0.2, 0) is 14.8 Å². The lowest BCUT2D eigenvalue weighted by Gasteiger charge is -2.31. The van der Waals surface area contributed by atoms with Crippen LogP contribution >= 0.6 is 23.2 Å². The van der Waals surface area contributed by atoms with Gasteiger partial charge in [0, 0.05) is 19.7 Å². The van der Waals surface area contributed by atoms with Crippen LogP contribution < -0.4 is 5.73 Å². The van der Waals surface area contributed by atoms with Gasteiger partial charge in [-0.2, -0.15) is 4.31 Å². The van der Waals surface area contributed by atoms with Crippen molar-refractivity contribution in [1.82, 2.24) is 4.31 Å². The van der Waals surface area contributed by atoms with Gasteiger partial charge in [-0.1, -0.05) is 23.2 Å². The number of nitrogens with zero attached hydrogens (tertiary/aromatic N) is 1. The van der Waals surface area contributed by atoms with Crippen LogP contribution in [0.5, 0.6) is 0 Å². The minimum Gasteiger partial charge on any atom is -0.378 e. The van der Waals surface area contributed by atoms with E-state index < -0.39 is 10.0 Å². The maximum atomic E-state index is 12.6. The first kappa shape index (κ1) is 18.0. The van der Waals surface area contributed by atoms with Crippen LogP contribution in [0, 0.1) is 0 Å². The van der Waals surface area contributed by atoms with Crippen LogP contribution in [0.25, 0.3) is 0 Å². The molecule has 1 saturated heterocycles. The van der Waals surface area contributed by atoms with Crippen molar-refractivity contribution in [3.8, 4) is 0 Å². The normalized spacial score (nSPS) is 17.8. The molecule has 1 aliphatic rings. The number of halogens is 2. The van der Waals surface area contributed by atoms with Gasteiger partial charge in [-0.15, -0.1) is 0 Å². The lowest BCUT2D eigenvalue weighted by molar-refractivity contribution is 0.0209. The number of benzene rings is 1. The molecule has 0 amide bonds. The van der Waals surface area contributed by atoms with Crippen LogP contribution in [0.15, 0.2) is 23.1 Å². The van der Waals surface area contributed by atoms with Gasteiger partial charge < -0.3 is 10.5 Å². The molecular weight excluding hydrogens is 347 g/mol. The summed E-state index contributed by atoms with van der Waals surface area (Å²) < 4.78 is 32.3. The molecule has 0 bridgehead atoms. The molecule has 124 valence electrons. The first-order chi connectivity index (χ1) is 10.4. The molecule has 1 aromatic rings. The fraction of sp³-hybridized carbons (Fsp3) is 0.571. The van der Waals surface area contributed by atoms with E-state index in [1.165, 1.54) is 22.5 Å². The monoisotopic (exact) mass is 366 g/mol. The van der Waals surface area contributed by atoms with E-state index in [1.54, 1.807) is 0 Å². The van der Waals surface area contributed by atoms with Crippen LogP contribution in [-0.4, -0.2) is 45.1 Å². The molecule has 1 aliphatic heterocycles. The van der Waals surface area contributed by atoms with Crippen molar-refractivity contribution >= 4 is 33.2 Å². The zero-order valence-electron chi connectivity index (χ0n) is 12.2. The SMILES string of the molecule is NCCCOC1CCN(S(=O)(=O)c2ccc(Cl)c(Cl)c2)CC1. The Kier molecular flexibility index (Phi) is 6.49. The van der Waals surface area contributed by atoms with Crippen LogP contribution in [0.2, 0.25) is 10.0 Å². The molecule has 1 fully saturated rings. The highest BCUT2D eigenvalue weighted by Gasteiger charge is 2.29. The van der Waals surface area contributed by atoms with Crippen molar-refractivity contribution in [2.45, 2.75) is 30.3 Å². The summed E-state index contributed by atoms with van der Waals surface area (Å²) in [6, 6.07) is 4.37. The Morgan fingerprint density at radius 1 is 1.23 bits per heavy atom. The van der Waals surface area contributed by atoms with Gasteiger partial charge in [0.15, 0.2) is 0 Å². The van der Waals surface area contributed by atoms with Gasteiger partial charge in [0.2, 0.25) is 10.0 Å². The zero-order valence-corrected chi connectivity index (χ0v) is 14.5. The molecule has 22 heavy (non-hydrogen) atoms. The lowest BCUT2D eigenvalue weighted by Crippen LogP contribution is -2.41.